The van der Waals surface area contributed by atoms with Gasteiger partial charge in [0.25, 0.3) is 5.91 Å². The van der Waals surface area contributed by atoms with Crippen molar-refractivity contribution >= 4 is 22.8 Å². The van der Waals surface area contributed by atoms with Crippen molar-refractivity contribution in [2.24, 2.45) is 0 Å². The Morgan fingerprint density at radius 2 is 1.83 bits per heavy atom. The molecule has 4 aromatic rings. The first-order valence-corrected chi connectivity index (χ1v) is 11.0. The average Bonchev–Trinajstić information content (AvgIpc) is 3.45. The zero-order valence-electron chi connectivity index (χ0n) is 19.0. The maximum Gasteiger partial charge on any atom is 0.490 e. The standard InChI is InChI=1S/C23H22N4O2.C2HF3O2/c28-23(22-12-17-6-1-2-9-21(17)25-22)27-13-19-8-5-11-26(19)14-20(15-27)29-16-18-7-3-4-10-24-18;3-2(4,5)1(6)7/h1-12,20,25H,13-16H2;(H,6,7). The molecule has 0 saturated heterocycles. The van der Waals surface area contributed by atoms with Crippen LogP contribution in [0.5, 0.6) is 0 Å². The Balaban J connectivity index is 0.000000384. The van der Waals surface area contributed by atoms with E-state index < -0.39 is 12.1 Å². The summed E-state index contributed by atoms with van der Waals surface area (Å²) < 4.78 is 40.1. The minimum atomic E-state index is -5.08. The van der Waals surface area contributed by atoms with Crippen molar-refractivity contribution in [1.29, 1.82) is 0 Å². The Morgan fingerprint density at radius 1 is 1.08 bits per heavy atom. The molecule has 1 aliphatic rings. The van der Waals surface area contributed by atoms with Gasteiger partial charge >= 0.3 is 12.1 Å². The van der Waals surface area contributed by atoms with Crippen molar-refractivity contribution in [2.75, 3.05) is 6.54 Å². The number of nitrogens with zero attached hydrogens (tertiary/aromatic N) is 3. The normalized spacial score (nSPS) is 15.5. The van der Waals surface area contributed by atoms with Crippen LogP contribution in [0.15, 0.2) is 73.1 Å². The zero-order valence-corrected chi connectivity index (χ0v) is 19.0. The number of hydrogen-bond acceptors (Lipinski definition) is 4. The lowest BCUT2D eigenvalue weighted by molar-refractivity contribution is -0.192. The molecule has 2 N–H and O–H groups in total. The van der Waals surface area contributed by atoms with Gasteiger partial charge in [-0.1, -0.05) is 24.3 Å². The minimum Gasteiger partial charge on any atom is -0.475 e. The number of amides is 1. The maximum atomic E-state index is 13.3. The molecule has 3 aromatic heterocycles. The molecule has 188 valence electrons. The third-order valence-corrected chi connectivity index (χ3v) is 5.58. The van der Waals surface area contributed by atoms with E-state index in [-0.39, 0.29) is 12.0 Å². The molecule has 0 fully saturated rings. The summed E-state index contributed by atoms with van der Waals surface area (Å²) in [4.78, 5) is 31.6. The zero-order chi connectivity index (χ0) is 25.7. The summed E-state index contributed by atoms with van der Waals surface area (Å²) in [5.74, 6) is -2.77. The molecule has 0 radical (unpaired) electrons. The maximum absolute atomic E-state index is 13.3. The molecule has 1 unspecified atom stereocenters. The highest BCUT2D eigenvalue weighted by Crippen LogP contribution is 2.21. The Bertz CT molecular complexity index is 1300. The number of alkyl halides is 3. The Kier molecular flexibility index (Phi) is 7.39. The number of aliphatic carboxylic acids is 1. The van der Waals surface area contributed by atoms with E-state index in [1.54, 1.807) is 6.20 Å². The number of halogens is 3. The topological polar surface area (TPSA) is 100 Å². The molecule has 5 rings (SSSR count). The highest BCUT2D eigenvalue weighted by molar-refractivity contribution is 5.98. The van der Waals surface area contributed by atoms with Crippen LogP contribution in [0.4, 0.5) is 13.2 Å². The fraction of sp³-hybridized carbons (Fsp3) is 0.240. The van der Waals surface area contributed by atoms with Crippen LogP contribution in [0.25, 0.3) is 10.9 Å². The number of pyridine rings is 1. The molecule has 1 aliphatic heterocycles. The molecular weight excluding hydrogens is 477 g/mol. The molecule has 11 heteroatoms. The Labute approximate surface area is 203 Å². The van der Waals surface area contributed by atoms with Crippen LogP contribution < -0.4 is 0 Å². The number of hydrogen-bond donors (Lipinski definition) is 2. The SMILES string of the molecule is O=C(O)C(F)(F)F.O=C(c1cc2ccccc2[nH]1)N1Cc2cccn2CC(OCc2ccccn2)C1. The van der Waals surface area contributed by atoms with Crippen LogP contribution in [0.3, 0.4) is 0 Å². The van der Waals surface area contributed by atoms with E-state index in [0.717, 1.165) is 22.3 Å². The summed E-state index contributed by atoms with van der Waals surface area (Å²) in [5.41, 5.74) is 3.57. The lowest BCUT2D eigenvalue weighted by Gasteiger charge is -2.24. The van der Waals surface area contributed by atoms with Gasteiger partial charge in [-0.3, -0.25) is 9.78 Å². The second-order valence-corrected chi connectivity index (χ2v) is 8.16. The predicted octanol–water partition coefficient (Wildman–Crippen LogP) is 4.24. The predicted molar refractivity (Wildman–Crippen MR) is 124 cm³/mol. The van der Waals surface area contributed by atoms with Gasteiger partial charge in [-0.05, 0) is 36.4 Å². The highest BCUT2D eigenvalue weighted by atomic mass is 19.4. The number of rotatable bonds is 4. The van der Waals surface area contributed by atoms with Gasteiger partial charge in [0.15, 0.2) is 0 Å². The van der Waals surface area contributed by atoms with Crippen LogP contribution >= 0.6 is 0 Å². The number of nitrogens with one attached hydrogen (secondary N) is 1. The van der Waals surface area contributed by atoms with Crippen LogP contribution in [0.2, 0.25) is 0 Å². The van der Waals surface area contributed by atoms with Gasteiger partial charge in [-0.2, -0.15) is 13.2 Å². The highest BCUT2D eigenvalue weighted by Gasteiger charge is 2.38. The van der Waals surface area contributed by atoms with Crippen molar-refractivity contribution in [3.8, 4) is 0 Å². The summed E-state index contributed by atoms with van der Waals surface area (Å²) in [5, 5.41) is 8.16. The number of aromatic amines is 1. The molecule has 0 spiro atoms. The molecule has 1 amide bonds. The van der Waals surface area contributed by atoms with E-state index in [9.17, 15) is 18.0 Å². The summed E-state index contributed by atoms with van der Waals surface area (Å²) in [6, 6.07) is 19.7. The molecule has 0 saturated carbocycles. The monoisotopic (exact) mass is 500 g/mol. The van der Waals surface area contributed by atoms with E-state index in [1.807, 2.05) is 65.7 Å². The van der Waals surface area contributed by atoms with Crippen molar-refractivity contribution < 1.29 is 32.6 Å². The summed E-state index contributed by atoms with van der Waals surface area (Å²) in [6.07, 6.45) is -1.38. The number of para-hydroxylation sites is 1. The molecule has 8 nitrogen and oxygen atoms in total. The first-order valence-electron chi connectivity index (χ1n) is 11.0. The third-order valence-electron chi connectivity index (χ3n) is 5.58. The van der Waals surface area contributed by atoms with Gasteiger partial charge < -0.3 is 24.3 Å². The molecule has 0 bridgehead atoms. The van der Waals surface area contributed by atoms with Crippen LogP contribution in [0.1, 0.15) is 21.9 Å². The number of carboxylic acid groups (broad SMARTS) is 1. The molecule has 36 heavy (non-hydrogen) atoms. The van der Waals surface area contributed by atoms with Gasteiger partial charge in [0, 0.05) is 35.5 Å². The molecule has 1 aromatic carbocycles. The molecular formula is C25H23F3N4O4. The van der Waals surface area contributed by atoms with Gasteiger partial charge in [-0.25, -0.2) is 4.79 Å². The van der Waals surface area contributed by atoms with E-state index >= 15 is 0 Å². The minimum absolute atomic E-state index is 0.0118. The first-order chi connectivity index (χ1) is 17.2. The van der Waals surface area contributed by atoms with Crippen LogP contribution in [0, 0.1) is 0 Å². The van der Waals surface area contributed by atoms with Gasteiger partial charge in [0.2, 0.25) is 0 Å². The number of fused-ring (bicyclic) bond motifs is 2. The molecule has 4 heterocycles. The van der Waals surface area contributed by atoms with Crippen LogP contribution in [-0.2, 0) is 29.2 Å². The number of aromatic nitrogens is 3. The van der Waals surface area contributed by atoms with Gasteiger partial charge in [0.05, 0.1) is 31.5 Å². The number of carbonyl (C=O) groups is 2. The quantitative estimate of drug-likeness (QED) is 0.437. The van der Waals surface area contributed by atoms with Crippen LogP contribution in [-0.4, -0.2) is 55.2 Å². The van der Waals surface area contributed by atoms with Crippen molar-refractivity contribution in [3.05, 3.63) is 90.1 Å². The van der Waals surface area contributed by atoms with Gasteiger partial charge in [-0.15, -0.1) is 0 Å². The smallest absolute Gasteiger partial charge is 0.475 e. The molecule has 0 aliphatic carbocycles. The van der Waals surface area contributed by atoms with E-state index in [4.69, 9.17) is 14.6 Å². The third kappa shape index (κ3) is 6.11. The number of ether oxygens (including phenoxy) is 1. The van der Waals surface area contributed by atoms with Crippen molar-refractivity contribution in [2.45, 2.75) is 32.0 Å². The Hall–Kier alpha value is -4.12. The second-order valence-electron chi connectivity index (χ2n) is 8.16. The number of carbonyl (C=O) groups excluding carboxylic acids is 1. The molecule has 1 atom stereocenters. The van der Waals surface area contributed by atoms with E-state index in [0.29, 0.717) is 31.9 Å². The number of carboxylic acids is 1. The summed E-state index contributed by atoms with van der Waals surface area (Å²) >= 11 is 0. The Morgan fingerprint density at radius 3 is 2.53 bits per heavy atom. The van der Waals surface area contributed by atoms with Crippen molar-refractivity contribution in [3.63, 3.8) is 0 Å². The summed E-state index contributed by atoms with van der Waals surface area (Å²) in [6.45, 7) is 2.23. The second kappa shape index (κ2) is 10.6. The van der Waals surface area contributed by atoms with E-state index in [2.05, 4.69) is 20.6 Å². The fourth-order valence-electron chi connectivity index (χ4n) is 3.86. The summed E-state index contributed by atoms with van der Waals surface area (Å²) in [7, 11) is 0. The van der Waals surface area contributed by atoms with Gasteiger partial charge in [0.1, 0.15) is 5.69 Å². The lowest BCUT2D eigenvalue weighted by Crippen LogP contribution is -2.37. The average molecular weight is 500 g/mol. The van der Waals surface area contributed by atoms with E-state index in [1.165, 1.54) is 0 Å². The van der Waals surface area contributed by atoms with Crippen molar-refractivity contribution in [1.82, 2.24) is 19.4 Å². The number of H-pyrrole nitrogens is 1. The first kappa shape index (κ1) is 25.0. The largest absolute Gasteiger partial charge is 0.490 e. The lowest BCUT2D eigenvalue weighted by atomic mass is 10.2. The number of benzene rings is 1. The fourth-order valence-corrected chi connectivity index (χ4v) is 3.86.